The molecule has 9 heteroatoms. The van der Waals surface area contributed by atoms with E-state index in [-0.39, 0.29) is 25.2 Å². The van der Waals surface area contributed by atoms with Gasteiger partial charge in [0.15, 0.2) is 0 Å². The van der Waals surface area contributed by atoms with Gasteiger partial charge in [-0.3, -0.25) is 15.0 Å². The molecule has 43 heavy (non-hydrogen) atoms. The van der Waals surface area contributed by atoms with Crippen molar-refractivity contribution in [1.29, 1.82) is 0 Å². The summed E-state index contributed by atoms with van der Waals surface area (Å²) in [5.74, 6) is 0.0341. The molecule has 0 aromatic heterocycles. The molecule has 2 amide bonds. The van der Waals surface area contributed by atoms with Crippen molar-refractivity contribution >= 4 is 17.7 Å². The van der Waals surface area contributed by atoms with Crippen LogP contribution in [0.25, 0.3) is 11.1 Å². The largest absolute Gasteiger partial charge is 0.446 e. The number of rotatable bonds is 15. The molecule has 230 valence electrons. The lowest BCUT2D eigenvalue weighted by Gasteiger charge is -2.31. The van der Waals surface area contributed by atoms with Crippen LogP contribution in [0.2, 0.25) is 0 Å². The maximum atomic E-state index is 12.7. The van der Waals surface area contributed by atoms with Gasteiger partial charge < -0.3 is 25.2 Å². The first-order valence-electron chi connectivity index (χ1n) is 15.2. The van der Waals surface area contributed by atoms with Gasteiger partial charge in [0.1, 0.15) is 6.10 Å². The minimum Gasteiger partial charge on any atom is -0.446 e. The second kappa shape index (κ2) is 17.4. The van der Waals surface area contributed by atoms with E-state index in [0.29, 0.717) is 39.0 Å². The summed E-state index contributed by atoms with van der Waals surface area (Å²) in [6, 6.07) is 25.8. The van der Waals surface area contributed by atoms with Crippen LogP contribution in [-0.2, 0) is 22.5 Å². The number of aliphatic hydroxyl groups is 2. The van der Waals surface area contributed by atoms with Gasteiger partial charge in [-0.2, -0.15) is 0 Å². The maximum absolute atomic E-state index is 12.7. The number of carbonyl (C=O) groups excluding carboxylic acids is 2. The zero-order valence-corrected chi connectivity index (χ0v) is 24.8. The molecule has 1 aliphatic heterocycles. The normalized spacial score (nSPS) is 14.0. The molecular formula is C34H44N4O5. The zero-order valence-electron chi connectivity index (χ0n) is 24.8. The van der Waals surface area contributed by atoms with Gasteiger partial charge in [-0.05, 0) is 42.0 Å². The van der Waals surface area contributed by atoms with Crippen molar-refractivity contribution in [3.05, 3.63) is 90.0 Å². The number of carbonyl (C=O) groups is 2. The van der Waals surface area contributed by atoms with E-state index in [2.05, 4.69) is 15.5 Å². The molecule has 0 saturated carbocycles. The van der Waals surface area contributed by atoms with E-state index >= 15 is 0 Å². The van der Waals surface area contributed by atoms with E-state index in [1.165, 1.54) is 0 Å². The minimum absolute atomic E-state index is 0.0341. The summed E-state index contributed by atoms with van der Waals surface area (Å²) in [5, 5.41) is 24.3. The summed E-state index contributed by atoms with van der Waals surface area (Å²) < 4.78 is 5.73. The highest BCUT2D eigenvalue weighted by atomic mass is 16.6. The number of aliphatic hydroxyl groups excluding tert-OH is 2. The van der Waals surface area contributed by atoms with Gasteiger partial charge in [0.2, 0.25) is 5.91 Å². The van der Waals surface area contributed by atoms with Crippen molar-refractivity contribution in [2.75, 3.05) is 57.8 Å². The van der Waals surface area contributed by atoms with Crippen LogP contribution in [0.1, 0.15) is 30.4 Å². The van der Waals surface area contributed by atoms with Gasteiger partial charge in [-0.1, -0.05) is 72.8 Å². The number of para-hydroxylation sites is 1. The maximum Gasteiger partial charge on any atom is 0.411 e. The molecule has 1 aliphatic rings. The topological polar surface area (TPSA) is 114 Å². The molecule has 0 atom stereocenters. The summed E-state index contributed by atoms with van der Waals surface area (Å²) in [4.78, 5) is 29.3. The van der Waals surface area contributed by atoms with Crippen molar-refractivity contribution in [3.8, 4) is 11.1 Å². The van der Waals surface area contributed by atoms with Crippen LogP contribution in [0.15, 0.2) is 78.9 Å². The predicted octanol–water partition coefficient (Wildman–Crippen LogP) is 3.90. The lowest BCUT2D eigenvalue weighted by molar-refractivity contribution is -0.121. The van der Waals surface area contributed by atoms with Crippen LogP contribution in [0.5, 0.6) is 0 Å². The first kappa shape index (κ1) is 32.2. The fraction of sp³-hybridized carbons (Fsp3) is 0.412. The summed E-state index contributed by atoms with van der Waals surface area (Å²) in [5.41, 5.74) is 4.92. The van der Waals surface area contributed by atoms with E-state index in [9.17, 15) is 19.8 Å². The van der Waals surface area contributed by atoms with Crippen LogP contribution in [0.3, 0.4) is 0 Å². The number of ether oxygens (including phenoxy) is 1. The molecule has 1 fully saturated rings. The van der Waals surface area contributed by atoms with Crippen molar-refractivity contribution in [1.82, 2.24) is 15.1 Å². The standard InChI is InChI=1S/C34H44N4O5/c39-24-22-38(23-25-40)26-28-12-10-27(11-13-28)14-15-33(41)35-18-21-37-19-16-30(17-20-37)43-34(42)36-32-9-5-4-8-31(32)29-6-2-1-3-7-29/h1-13,30,39-40H,14-26H2,(H,35,41)(H,36,42). The number of piperidine rings is 1. The Morgan fingerprint density at radius 2 is 1.51 bits per heavy atom. The number of likely N-dealkylation sites (tertiary alicyclic amines) is 1. The lowest BCUT2D eigenvalue weighted by atomic mass is 10.0. The van der Waals surface area contributed by atoms with Crippen LogP contribution in [0, 0.1) is 0 Å². The molecule has 3 aromatic rings. The summed E-state index contributed by atoms with van der Waals surface area (Å²) in [7, 11) is 0. The third kappa shape index (κ3) is 10.8. The molecule has 4 rings (SSSR count). The fourth-order valence-corrected chi connectivity index (χ4v) is 5.33. The Bertz CT molecular complexity index is 1260. The molecule has 0 radical (unpaired) electrons. The first-order valence-corrected chi connectivity index (χ1v) is 15.2. The van der Waals surface area contributed by atoms with Gasteiger partial charge in [0.25, 0.3) is 0 Å². The Morgan fingerprint density at radius 3 is 2.21 bits per heavy atom. The van der Waals surface area contributed by atoms with E-state index < -0.39 is 6.09 Å². The molecule has 3 aromatic carbocycles. The third-order valence-corrected chi connectivity index (χ3v) is 7.71. The molecule has 9 nitrogen and oxygen atoms in total. The number of nitrogens with zero attached hydrogens (tertiary/aromatic N) is 2. The Balaban J connectivity index is 1.10. The second-order valence-corrected chi connectivity index (χ2v) is 10.9. The quantitative estimate of drug-likeness (QED) is 0.213. The van der Waals surface area contributed by atoms with E-state index in [1.54, 1.807) is 0 Å². The average Bonchev–Trinajstić information content (AvgIpc) is 3.02. The molecular weight excluding hydrogens is 544 g/mol. The minimum atomic E-state index is -0.436. The molecule has 1 heterocycles. The van der Waals surface area contributed by atoms with Crippen LogP contribution >= 0.6 is 0 Å². The SMILES string of the molecule is O=C(CCc1ccc(CN(CCO)CCO)cc1)NCCN1CCC(OC(=O)Nc2ccccc2-c2ccccc2)CC1. The van der Waals surface area contributed by atoms with Gasteiger partial charge in [0, 0.05) is 57.8 Å². The number of benzene rings is 3. The monoisotopic (exact) mass is 588 g/mol. The molecule has 0 unspecified atom stereocenters. The Morgan fingerprint density at radius 1 is 0.860 bits per heavy atom. The number of aryl methyl sites for hydroxylation is 1. The van der Waals surface area contributed by atoms with Crippen LogP contribution in [0.4, 0.5) is 10.5 Å². The molecule has 0 bridgehead atoms. The van der Waals surface area contributed by atoms with E-state index in [4.69, 9.17) is 4.74 Å². The Labute approximate surface area is 254 Å². The summed E-state index contributed by atoms with van der Waals surface area (Å²) >= 11 is 0. The zero-order chi connectivity index (χ0) is 30.3. The highest BCUT2D eigenvalue weighted by Crippen LogP contribution is 2.28. The number of hydrogen-bond donors (Lipinski definition) is 4. The van der Waals surface area contributed by atoms with E-state index in [0.717, 1.165) is 60.4 Å². The Kier molecular flexibility index (Phi) is 13.0. The van der Waals surface area contributed by atoms with Gasteiger partial charge in [0.05, 0.1) is 18.9 Å². The average molecular weight is 589 g/mol. The first-order chi connectivity index (χ1) is 21.0. The van der Waals surface area contributed by atoms with Crippen molar-refractivity contribution < 1.29 is 24.5 Å². The second-order valence-electron chi connectivity index (χ2n) is 10.9. The lowest BCUT2D eigenvalue weighted by Crippen LogP contribution is -2.42. The number of anilines is 1. The highest BCUT2D eigenvalue weighted by Gasteiger charge is 2.22. The van der Waals surface area contributed by atoms with Crippen LogP contribution < -0.4 is 10.6 Å². The van der Waals surface area contributed by atoms with Crippen molar-refractivity contribution in [3.63, 3.8) is 0 Å². The van der Waals surface area contributed by atoms with Crippen LogP contribution in [-0.4, -0.2) is 90.6 Å². The van der Waals surface area contributed by atoms with Crippen molar-refractivity contribution in [2.24, 2.45) is 0 Å². The number of amides is 2. The van der Waals surface area contributed by atoms with Gasteiger partial charge in [-0.15, -0.1) is 0 Å². The number of nitrogens with one attached hydrogen (secondary N) is 2. The van der Waals surface area contributed by atoms with Crippen molar-refractivity contribution in [2.45, 2.75) is 38.3 Å². The third-order valence-electron chi connectivity index (χ3n) is 7.71. The predicted molar refractivity (Wildman–Crippen MR) is 169 cm³/mol. The smallest absolute Gasteiger partial charge is 0.411 e. The number of hydrogen-bond acceptors (Lipinski definition) is 7. The summed E-state index contributed by atoms with van der Waals surface area (Å²) in [6.45, 7) is 4.82. The molecule has 0 spiro atoms. The fourth-order valence-electron chi connectivity index (χ4n) is 5.33. The van der Waals surface area contributed by atoms with Gasteiger partial charge >= 0.3 is 6.09 Å². The van der Waals surface area contributed by atoms with E-state index in [1.807, 2.05) is 83.8 Å². The molecule has 0 aliphatic carbocycles. The molecule has 1 saturated heterocycles. The Hall–Kier alpha value is -3.76. The molecule has 4 N–H and O–H groups in total. The highest BCUT2D eigenvalue weighted by molar-refractivity contribution is 5.91. The summed E-state index contributed by atoms with van der Waals surface area (Å²) in [6.07, 6.45) is 2.05. The van der Waals surface area contributed by atoms with Gasteiger partial charge in [-0.25, -0.2) is 4.79 Å².